The smallest absolute Gasteiger partial charge is 0.116 e. The first-order valence-corrected chi connectivity index (χ1v) is 19.2. The Kier molecular flexibility index (Phi) is 44.6. The van der Waals surface area contributed by atoms with Crippen LogP contribution in [0.4, 0.5) is 0 Å². The van der Waals surface area contributed by atoms with Crippen LogP contribution in [-0.2, 0) is 0 Å². The summed E-state index contributed by atoms with van der Waals surface area (Å²) in [5.74, 6) is 0.694. The van der Waals surface area contributed by atoms with Gasteiger partial charge in [0.2, 0.25) is 0 Å². The topological polar surface area (TPSA) is 63.5 Å². The summed E-state index contributed by atoms with van der Waals surface area (Å²) in [5.41, 5.74) is 0. The minimum absolute atomic E-state index is 0. The molecule has 0 saturated heterocycles. The summed E-state index contributed by atoms with van der Waals surface area (Å²) in [6.07, 6.45) is 26.8. The van der Waals surface area contributed by atoms with Crippen molar-refractivity contribution in [3.8, 4) is 0 Å². The highest BCUT2D eigenvalue weighted by atomic mass is 35.5. The molecule has 0 aromatic heterocycles. The lowest BCUT2D eigenvalue weighted by molar-refractivity contribution is -0.893. The van der Waals surface area contributed by atoms with Crippen molar-refractivity contribution in [2.45, 2.75) is 161 Å². The van der Waals surface area contributed by atoms with E-state index in [2.05, 4.69) is 42.0 Å². The van der Waals surface area contributed by atoms with Gasteiger partial charge in [-0.1, -0.05) is 124 Å². The van der Waals surface area contributed by atoms with Gasteiger partial charge in [0.25, 0.3) is 0 Å². The van der Waals surface area contributed by atoms with Gasteiger partial charge in [0.1, 0.15) is 25.3 Å². The molecule has 0 saturated carbocycles. The third-order valence-corrected chi connectivity index (χ3v) is 8.71. The number of aliphatic hydroxyl groups excluding tert-OH is 2. The zero-order chi connectivity index (χ0) is 33.2. The molecule has 0 bridgehead atoms. The maximum Gasteiger partial charge on any atom is 0.116 e. The van der Waals surface area contributed by atoms with Crippen molar-refractivity contribution in [2.24, 2.45) is 0 Å². The van der Waals surface area contributed by atoms with E-state index in [1.807, 2.05) is 0 Å². The third-order valence-electron chi connectivity index (χ3n) is 8.00. The molecule has 2 N–H and O–H groups in total. The van der Waals surface area contributed by atoms with Crippen molar-refractivity contribution < 1.29 is 36.7 Å². The summed E-state index contributed by atoms with van der Waals surface area (Å²) >= 11 is 11.3. The van der Waals surface area contributed by atoms with Gasteiger partial charge in [-0.2, -0.15) is 0 Å². The molecule has 2 unspecified atom stereocenters. The molecule has 0 aromatic rings. The molecule has 0 fully saturated rings. The van der Waals surface area contributed by atoms with E-state index in [0.717, 1.165) is 35.1 Å². The molecule has 44 heavy (non-hydrogen) atoms. The summed E-state index contributed by atoms with van der Waals surface area (Å²) in [7, 11) is 8.74. The Balaban J connectivity index is -0.000000326. The molecule has 0 aromatic carbocycles. The molecule has 0 aliphatic heterocycles. The molecular weight excluding hydrogens is 615 g/mol. The highest BCUT2D eigenvalue weighted by Gasteiger charge is 2.20. The molecule has 2 atom stereocenters. The fourth-order valence-electron chi connectivity index (χ4n) is 5.48. The zero-order valence-electron chi connectivity index (χ0n) is 30.6. The van der Waals surface area contributed by atoms with Gasteiger partial charge >= 0.3 is 0 Å². The molecule has 0 heterocycles. The lowest BCUT2D eigenvalue weighted by atomic mass is 10.1. The fourth-order valence-corrected chi connectivity index (χ4v) is 5.67. The first kappa shape index (κ1) is 51.5. The van der Waals surface area contributed by atoms with Crippen molar-refractivity contribution in [2.75, 3.05) is 72.7 Å². The summed E-state index contributed by atoms with van der Waals surface area (Å²) in [5, 5.41) is 28.1. The van der Waals surface area contributed by atoms with Crippen LogP contribution in [0.5, 0.6) is 0 Å². The second kappa shape index (κ2) is 38.1. The lowest BCUT2D eigenvalue weighted by Gasteiger charge is -2.31. The second-order valence-electron chi connectivity index (χ2n) is 14.0. The van der Waals surface area contributed by atoms with Crippen LogP contribution in [0.2, 0.25) is 0 Å². The Hall–Kier alpha value is 0.670. The minimum Gasteiger partial charge on any atom is -1.00 e. The summed E-state index contributed by atoms with van der Waals surface area (Å²) in [4.78, 5) is 0. The van der Waals surface area contributed by atoms with Crippen LogP contribution in [0.3, 0.4) is 0 Å². The monoisotopic (exact) mass is 693 g/mol. The highest BCUT2D eigenvalue weighted by molar-refractivity contribution is 6.18. The summed E-state index contributed by atoms with van der Waals surface area (Å²) in [6, 6.07) is 0. The summed E-state index contributed by atoms with van der Waals surface area (Å²) < 4.78 is 1.76. The Morgan fingerprint density at radius 3 is 0.886 bits per heavy atom. The Bertz CT molecular complexity index is 485. The molecule has 5 nitrogen and oxygen atoms in total. The van der Waals surface area contributed by atoms with Gasteiger partial charge in [0, 0.05) is 0 Å². The third kappa shape index (κ3) is 44.8. The fraction of sp³-hybridized carbons (Fsp3) is 1.00. The number of alkyl halides is 2. The maximum atomic E-state index is 9.61. The van der Waals surface area contributed by atoms with E-state index in [1.165, 1.54) is 128 Å². The molecule has 0 aliphatic rings. The van der Waals surface area contributed by atoms with E-state index in [-0.39, 0.29) is 31.2 Å². The highest BCUT2D eigenvalue weighted by Crippen LogP contribution is 2.13. The van der Waals surface area contributed by atoms with E-state index in [1.54, 1.807) is 6.92 Å². The van der Waals surface area contributed by atoms with Crippen molar-refractivity contribution in [3.63, 3.8) is 0 Å². The average Bonchev–Trinajstić information content (AvgIpc) is 2.95. The van der Waals surface area contributed by atoms with Crippen LogP contribution in [0.15, 0.2) is 0 Å². The van der Waals surface area contributed by atoms with E-state index in [9.17, 15) is 10.2 Å². The minimum atomic E-state index is -0.366. The lowest BCUT2D eigenvalue weighted by Crippen LogP contribution is -3.00. The number of likely N-dealkylation sites (N-methyl/N-ethyl adjacent to an activating group) is 2. The van der Waals surface area contributed by atoms with Crippen molar-refractivity contribution in [1.82, 2.24) is 0 Å². The van der Waals surface area contributed by atoms with Gasteiger partial charge in [-0.15, -0.1) is 29.8 Å². The zero-order valence-corrected chi connectivity index (χ0v) is 32.8. The molecular formula is C36H79Cl3N2O3. The van der Waals surface area contributed by atoms with Gasteiger partial charge in [0.15, 0.2) is 0 Å². The molecule has 0 amide bonds. The summed E-state index contributed by atoms with van der Waals surface area (Å²) in [6.45, 7) is 9.93. The van der Waals surface area contributed by atoms with Crippen LogP contribution in [0.1, 0.15) is 149 Å². The Morgan fingerprint density at radius 1 is 0.477 bits per heavy atom. The number of rotatable bonds is 28. The molecule has 0 aliphatic carbocycles. The SMILES string of the molecule is CCCCCCCCCCCC[N+](C)(C)CC(O)CCl.CCCCCCCCCCCC[N+](C)(C)CC(O)CCl.CC[O-].[Cl-]. The van der Waals surface area contributed by atoms with Gasteiger partial charge in [-0.25, -0.2) is 0 Å². The number of halogens is 3. The Morgan fingerprint density at radius 2 is 0.682 bits per heavy atom. The van der Waals surface area contributed by atoms with E-state index in [0.29, 0.717) is 11.8 Å². The van der Waals surface area contributed by atoms with Gasteiger partial charge in [0.05, 0.1) is 53.0 Å². The van der Waals surface area contributed by atoms with Gasteiger partial charge in [-0.3, -0.25) is 0 Å². The van der Waals surface area contributed by atoms with Crippen molar-refractivity contribution in [3.05, 3.63) is 0 Å². The molecule has 0 radical (unpaired) electrons. The number of unbranched alkanes of at least 4 members (excludes halogenated alkanes) is 18. The number of nitrogens with zero attached hydrogens (tertiary/aromatic N) is 2. The largest absolute Gasteiger partial charge is 1.00 e. The van der Waals surface area contributed by atoms with Gasteiger partial charge in [-0.05, 0) is 25.7 Å². The molecule has 0 spiro atoms. The second-order valence-corrected chi connectivity index (χ2v) is 14.6. The van der Waals surface area contributed by atoms with Crippen molar-refractivity contribution >= 4 is 23.2 Å². The standard InChI is InChI=1S/2C17H37ClNO.C2H5O.ClH/c2*1-4-5-6-7-8-9-10-11-12-13-14-19(2,3)16-17(20)15-18;1-2-3;/h2*17,20H,4-16H2,1-3H3;2H2,1H3;1H/q2*+1;-1;/p-1. The average molecular weight is 694 g/mol. The number of quaternary nitrogens is 2. The van der Waals surface area contributed by atoms with Crippen LogP contribution in [-0.4, -0.2) is 104 Å². The van der Waals surface area contributed by atoms with Crippen LogP contribution < -0.4 is 17.5 Å². The van der Waals surface area contributed by atoms with Crippen molar-refractivity contribution in [1.29, 1.82) is 0 Å². The van der Waals surface area contributed by atoms with E-state index < -0.39 is 0 Å². The van der Waals surface area contributed by atoms with E-state index in [4.69, 9.17) is 28.3 Å². The van der Waals surface area contributed by atoms with E-state index >= 15 is 0 Å². The first-order valence-electron chi connectivity index (χ1n) is 18.1. The maximum absolute atomic E-state index is 9.61. The van der Waals surface area contributed by atoms with Crippen LogP contribution in [0, 0.1) is 0 Å². The molecule has 0 rings (SSSR count). The predicted molar refractivity (Wildman–Crippen MR) is 191 cm³/mol. The predicted octanol–water partition coefficient (Wildman–Crippen LogP) is 5.54. The number of hydrogen-bond acceptors (Lipinski definition) is 3. The molecule has 272 valence electrons. The van der Waals surface area contributed by atoms with Gasteiger partial charge < -0.3 is 36.7 Å². The first-order chi connectivity index (χ1) is 20.4. The normalized spacial score (nSPS) is 12.8. The number of hydrogen-bond donors (Lipinski definition) is 2. The van der Waals surface area contributed by atoms with Crippen LogP contribution >= 0.6 is 23.2 Å². The molecule has 8 heteroatoms. The number of aliphatic hydroxyl groups is 2. The van der Waals surface area contributed by atoms with Crippen LogP contribution in [0.25, 0.3) is 0 Å². The quantitative estimate of drug-likeness (QED) is 0.0644. The Labute approximate surface area is 293 Å².